The van der Waals surface area contributed by atoms with Crippen LogP contribution in [0.3, 0.4) is 0 Å². The van der Waals surface area contributed by atoms with Crippen LogP contribution in [-0.2, 0) is 0 Å². The number of halogens is 1. The van der Waals surface area contributed by atoms with Crippen molar-refractivity contribution in [1.82, 2.24) is 15.5 Å². The van der Waals surface area contributed by atoms with Gasteiger partial charge < -0.3 is 9.84 Å². The number of hydrogen-bond acceptors (Lipinski definition) is 4. The molecule has 1 unspecified atom stereocenters. The van der Waals surface area contributed by atoms with E-state index in [1.165, 1.54) is 0 Å². The largest absolute Gasteiger partial charge is 0.334 e. The first-order valence-corrected chi connectivity index (χ1v) is 6.01. The maximum atomic E-state index is 6.09. The van der Waals surface area contributed by atoms with Crippen LogP contribution in [0, 0.1) is 0 Å². The second kappa shape index (κ2) is 4.47. The molecule has 0 radical (unpaired) electrons. The Kier molecular flexibility index (Phi) is 2.82. The molecule has 1 fully saturated rings. The van der Waals surface area contributed by atoms with Crippen LogP contribution in [0.4, 0.5) is 0 Å². The SMILES string of the molecule is Clc1ccccc1-c1nc(C2CCNC2)no1. The number of benzene rings is 1. The summed E-state index contributed by atoms with van der Waals surface area (Å²) in [6.45, 7) is 1.93. The number of nitrogens with zero attached hydrogens (tertiary/aromatic N) is 2. The van der Waals surface area contributed by atoms with Crippen LogP contribution >= 0.6 is 11.6 Å². The van der Waals surface area contributed by atoms with Gasteiger partial charge in [-0.15, -0.1) is 0 Å². The molecular formula is C12H12ClN3O. The van der Waals surface area contributed by atoms with E-state index >= 15 is 0 Å². The van der Waals surface area contributed by atoms with Gasteiger partial charge in [0.1, 0.15) is 0 Å². The fourth-order valence-electron chi connectivity index (χ4n) is 2.02. The minimum atomic E-state index is 0.356. The number of aromatic nitrogens is 2. The summed E-state index contributed by atoms with van der Waals surface area (Å²) in [5.41, 5.74) is 0.791. The van der Waals surface area contributed by atoms with Gasteiger partial charge in [-0.25, -0.2) is 0 Å². The molecule has 1 atom stereocenters. The lowest BCUT2D eigenvalue weighted by molar-refractivity contribution is 0.417. The van der Waals surface area contributed by atoms with Gasteiger partial charge in [-0.05, 0) is 25.1 Å². The van der Waals surface area contributed by atoms with Crippen LogP contribution in [0.25, 0.3) is 11.5 Å². The smallest absolute Gasteiger partial charge is 0.259 e. The fraction of sp³-hybridized carbons (Fsp3) is 0.333. The van der Waals surface area contributed by atoms with Gasteiger partial charge in [0.05, 0.1) is 10.6 Å². The van der Waals surface area contributed by atoms with Crippen molar-refractivity contribution < 1.29 is 4.52 Å². The third-order valence-corrected chi connectivity index (χ3v) is 3.30. The Balaban J connectivity index is 1.92. The average Bonchev–Trinajstić information content (AvgIpc) is 3.00. The third kappa shape index (κ3) is 2.06. The van der Waals surface area contributed by atoms with Gasteiger partial charge in [-0.2, -0.15) is 4.98 Å². The summed E-state index contributed by atoms with van der Waals surface area (Å²) in [5, 5.41) is 7.95. The lowest BCUT2D eigenvalue weighted by Gasteiger charge is -1.99. The predicted octanol–water partition coefficient (Wildman–Crippen LogP) is 2.47. The molecule has 1 aliphatic rings. The maximum Gasteiger partial charge on any atom is 0.259 e. The molecule has 17 heavy (non-hydrogen) atoms. The Morgan fingerprint density at radius 1 is 1.35 bits per heavy atom. The molecule has 1 aromatic carbocycles. The van der Waals surface area contributed by atoms with E-state index in [4.69, 9.17) is 16.1 Å². The summed E-state index contributed by atoms with van der Waals surface area (Å²) in [7, 11) is 0. The molecule has 2 heterocycles. The molecule has 1 N–H and O–H groups in total. The molecule has 88 valence electrons. The van der Waals surface area contributed by atoms with Gasteiger partial charge in [0.2, 0.25) is 0 Å². The molecule has 5 heteroatoms. The maximum absolute atomic E-state index is 6.09. The fourth-order valence-corrected chi connectivity index (χ4v) is 2.24. The van der Waals surface area contributed by atoms with E-state index in [-0.39, 0.29) is 0 Å². The highest BCUT2D eigenvalue weighted by Gasteiger charge is 2.22. The Hall–Kier alpha value is -1.39. The Labute approximate surface area is 104 Å². The van der Waals surface area contributed by atoms with Crippen LogP contribution in [0.1, 0.15) is 18.2 Å². The van der Waals surface area contributed by atoms with Gasteiger partial charge in [0.25, 0.3) is 5.89 Å². The van der Waals surface area contributed by atoms with E-state index in [9.17, 15) is 0 Å². The molecule has 3 rings (SSSR count). The van der Waals surface area contributed by atoms with Gasteiger partial charge in [-0.3, -0.25) is 0 Å². The highest BCUT2D eigenvalue weighted by molar-refractivity contribution is 6.33. The molecular weight excluding hydrogens is 238 g/mol. The van der Waals surface area contributed by atoms with Crippen molar-refractivity contribution in [2.24, 2.45) is 0 Å². The first-order valence-electron chi connectivity index (χ1n) is 5.64. The van der Waals surface area contributed by atoms with Crippen molar-refractivity contribution >= 4 is 11.6 Å². The number of hydrogen-bond donors (Lipinski definition) is 1. The molecule has 4 nitrogen and oxygen atoms in total. The highest BCUT2D eigenvalue weighted by Crippen LogP contribution is 2.28. The van der Waals surface area contributed by atoms with Crippen molar-refractivity contribution in [2.45, 2.75) is 12.3 Å². The normalized spacial score (nSPS) is 19.7. The Morgan fingerprint density at radius 3 is 3.00 bits per heavy atom. The van der Waals surface area contributed by atoms with Crippen molar-refractivity contribution in [1.29, 1.82) is 0 Å². The second-order valence-electron chi connectivity index (χ2n) is 4.13. The van der Waals surface area contributed by atoms with Gasteiger partial charge in [0.15, 0.2) is 5.82 Å². The van der Waals surface area contributed by atoms with Gasteiger partial charge in [-0.1, -0.05) is 28.9 Å². The van der Waals surface area contributed by atoms with Crippen molar-refractivity contribution in [3.05, 3.63) is 35.1 Å². The first kappa shape index (κ1) is 10.7. The predicted molar refractivity (Wildman–Crippen MR) is 65.0 cm³/mol. The monoisotopic (exact) mass is 249 g/mol. The first-order chi connectivity index (χ1) is 8.34. The van der Waals surface area contributed by atoms with E-state index in [0.29, 0.717) is 16.8 Å². The standard InChI is InChI=1S/C12H12ClN3O/c13-10-4-2-1-3-9(10)12-15-11(16-17-12)8-5-6-14-7-8/h1-4,8,14H,5-7H2. The topological polar surface area (TPSA) is 51.0 Å². The number of rotatable bonds is 2. The summed E-state index contributed by atoms with van der Waals surface area (Å²) in [4.78, 5) is 4.42. The van der Waals surface area contributed by atoms with Crippen LogP contribution in [-0.4, -0.2) is 23.2 Å². The van der Waals surface area contributed by atoms with Crippen molar-refractivity contribution in [3.63, 3.8) is 0 Å². The quantitative estimate of drug-likeness (QED) is 0.888. The zero-order valence-electron chi connectivity index (χ0n) is 9.19. The average molecular weight is 250 g/mol. The lowest BCUT2D eigenvalue weighted by Crippen LogP contribution is -2.08. The molecule has 0 spiro atoms. The van der Waals surface area contributed by atoms with Gasteiger partial charge in [0, 0.05) is 12.5 Å². The van der Waals surface area contributed by atoms with Crippen LogP contribution in [0.15, 0.2) is 28.8 Å². The van der Waals surface area contributed by atoms with E-state index in [1.54, 1.807) is 0 Å². The molecule has 0 saturated carbocycles. The minimum absolute atomic E-state index is 0.356. The zero-order valence-corrected chi connectivity index (χ0v) is 9.94. The van der Waals surface area contributed by atoms with Crippen LogP contribution < -0.4 is 5.32 Å². The van der Waals surface area contributed by atoms with E-state index in [2.05, 4.69) is 15.5 Å². The van der Waals surface area contributed by atoms with Crippen LogP contribution in [0.2, 0.25) is 5.02 Å². The van der Waals surface area contributed by atoms with Gasteiger partial charge >= 0.3 is 0 Å². The molecule has 1 aliphatic heterocycles. The molecule has 0 bridgehead atoms. The molecule has 0 amide bonds. The van der Waals surface area contributed by atoms with E-state index in [1.807, 2.05) is 24.3 Å². The summed E-state index contributed by atoms with van der Waals surface area (Å²) < 4.78 is 5.27. The molecule has 0 aliphatic carbocycles. The third-order valence-electron chi connectivity index (χ3n) is 2.97. The Morgan fingerprint density at radius 2 is 2.24 bits per heavy atom. The molecule has 1 aromatic heterocycles. The van der Waals surface area contributed by atoms with E-state index in [0.717, 1.165) is 30.9 Å². The zero-order chi connectivity index (χ0) is 11.7. The summed E-state index contributed by atoms with van der Waals surface area (Å²) in [6, 6.07) is 7.48. The lowest BCUT2D eigenvalue weighted by atomic mass is 10.1. The highest BCUT2D eigenvalue weighted by atomic mass is 35.5. The van der Waals surface area contributed by atoms with Crippen molar-refractivity contribution in [2.75, 3.05) is 13.1 Å². The number of nitrogens with one attached hydrogen (secondary N) is 1. The Bertz CT molecular complexity index is 520. The summed E-state index contributed by atoms with van der Waals surface area (Å²) in [6.07, 6.45) is 1.06. The van der Waals surface area contributed by atoms with E-state index < -0.39 is 0 Å². The van der Waals surface area contributed by atoms with Crippen molar-refractivity contribution in [3.8, 4) is 11.5 Å². The summed E-state index contributed by atoms with van der Waals surface area (Å²) in [5.74, 6) is 1.62. The molecule has 1 saturated heterocycles. The molecule has 2 aromatic rings. The van der Waals surface area contributed by atoms with Crippen LogP contribution in [0.5, 0.6) is 0 Å². The second-order valence-corrected chi connectivity index (χ2v) is 4.53. The minimum Gasteiger partial charge on any atom is -0.334 e. The summed E-state index contributed by atoms with van der Waals surface area (Å²) >= 11 is 6.09.